The molecule has 0 aromatic carbocycles. The van der Waals surface area contributed by atoms with E-state index in [1.807, 2.05) is 13.8 Å². The summed E-state index contributed by atoms with van der Waals surface area (Å²) < 4.78 is 5.18. The number of hydrogen-bond donors (Lipinski definition) is 1. The summed E-state index contributed by atoms with van der Waals surface area (Å²) in [6.45, 7) is 3.71. The van der Waals surface area contributed by atoms with Gasteiger partial charge in [-0.15, -0.1) is 0 Å². The highest BCUT2D eigenvalue weighted by molar-refractivity contribution is 5.29. The van der Waals surface area contributed by atoms with Gasteiger partial charge in [-0.2, -0.15) is 0 Å². The Kier molecular flexibility index (Phi) is 2.33. The van der Waals surface area contributed by atoms with Crippen molar-refractivity contribution >= 4 is 0 Å². The van der Waals surface area contributed by atoms with Crippen LogP contribution in [0.4, 0.5) is 0 Å². The van der Waals surface area contributed by atoms with Gasteiger partial charge < -0.3 is 9.84 Å². The van der Waals surface area contributed by atoms with E-state index in [1.165, 1.54) is 0 Å². The fourth-order valence-corrected chi connectivity index (χ4v) is 0.957. The number of rotatable bonds is 2. The molecule has 0 aliphatic rings. The Morgan fingerprint density at radius 2 is 2.17 bits per heavy atom. The van der Waals surface area contributed by atoms with Gasteiger partial charge in [0, 0.05) is 13.3 Å². The molecule has 1 aromatic heterocycles. The van der Waals surface area contributed by atoms with Crippen LogP contribution < -0.4 is 0 Å². The molecule has 0 fully saturated rings. The van der Waals surface area contributed by atoms with Gasteiger partial charge in [-0.25, -0.2) is 0 Å². The fraction of sp³-hybridized carbons (Fsp3) is 0.444. The summed E-state index contributed by atoms with van der Waals surface area (Å²) in [6.07, 6.45) is 1.63. The third-order valence-electron chi connectivity index (χ3n) is 1.87. The molecule has 66 valence electrons. The van der Waals surface area contributed by atoms with Crippen molar-refractivity contribution in [2.75, 3.05) is 7.11 Å². The Morgan fingerprint density at radius 3 is 2.67 bits per heavy atom. The SMILES string of the molecule is COC(C)(C)c1ncccc1O. The van der Waals surface area contributed by atoms with Crippen molar-refractivity contribution in [3.63, 3.8) is 0 Å². The van der Waals surface area contributed by atoms with Crippen molar-refractivity contribution in [2.24, 2.45) is 0 Å². The zero-order chi connectivity index (χ0) is 9.19. The second kappa shape index (κ2) is 3.11. The van der Waals surface area contributed by atoms with Crippen molar-refractivity contribution in [3.8, 4) is 5.75 Å². The van der Waals surface area contributed by atoms with Gasteiger partial charge in [0.05, 0.1) is 0 Å². The smallest absolute Gasteiger partial charge is 0.140 e. The zero-order valence-corrected chi connectivity index (χ0v) is 7.53. The van der Waals surface area contributed by atoms with Crippen LogP contribution in [0, 0.1) is 0 Å². The number of aromatic hydroxyl groups is 1. The van der Waals surface area contributed by atoms with Crippen LogP contribution in [-0.2, 0) is 10.3 Å². The highest BCUT2D eigenvalue weighted by atomic mass is 16.5. The zero-order valence-electron chi connectivity index (χ0n) is 7.53. The highest BCUT2D eigenvalue weighted by Crippen LogP contribution is 2.28. The normalized spacial score (nSPS) is 11.6. The van der Waals surface area contributed by atoms with E-state index in [0.29, 0.717) is 5.69 Å². The summed E-state index contributed by atoms with van der Waals surface area (Å²) in [5, 5.41) is 9.43. The first kappa shape index (κ1) is 9.00. The van der Waals surface area contributed by atoms with E-state index in [1.54, 1.807) is 25.4 Å². The summed E-state index contributed by atoms with van der Waals surface area (Å²) in [5.41, 5.74) is 0.0261. The molecule has 1 heterocycles. The predicted molar refractivity (Wildman–Crippen MR) is 45.9 cm³/mol. The summed E-state index contributed by atoms with van der Waals surface area (Å²) in [6, 6.07) is 3.29. The van der Waals surface area contributed by atoms with Gasteiger partial charge in [0.2, 0.25) is 0 Å². The summed E-state index contributed by atoms with van der Waals surface area (Å²) >= 11 is 0. The van der Waals surface area contributed by atoms with E-state index < -0.39 is 5.60 Å². The summed E-state index contributed by atoms with van der Waals surface area (Å²) in [7, 11) is 1.59. The quantitative estimate of drug-likeness (QED) is 0.728. The molecule has 0 spiro atoms. The molecule has 0 aliphatic carbocycles. The van der Waals surface area contributed by atoms with Gasteiger partial charge in [-0.3, -0.25) is 4.98 Å². The van der Waals surface area contributed by atoms with Gasteiger partial charge >= 0.3 is 0 Å². The van der Waals surface area contributed by atoms with Crippen LogP contribution in [0.15, 0.2) is 18.3 Å². The van der Waals surface area contributed by atoms with Gasteiger partial charge in [0.1, 0.15) is 17.0 Å². The molecule has 0 atom stereocenters. The molecule has 0 unspecified atom stereocenters. The highest BCUT2D eigenvalue weighted by Gasteiger charge is 2.24. The lowest BCUT2D eigenvalue weighted by Gasteiger charge is -2.22. The molecule has 1 N–H and O–H groups in total. The molecule has 0 bridgehead atoms. The lowest BCUT2D eigenvalue weighted by Crippen LogP contribution is -2.20. The van der Waals surface area contributed by atoms with Crippen molar-refractivity contribution in [1.82, 2.24) is 4.98 Å². The van der Waals surface area contributed by atoms with Crippen LogP contribution in [0.25, 0.3) is 0 Å². The average Bonchev–Trinajstić information content (AvgIpc) is 2.05. The standard InChI is InChI=1S/C9H13NO2/c1-9(2,12-3)8-7(11)5-4-6-10-8/h4-6,11H,1-3H3. The number of methoxy groups -OCH3 is 1. The maximum absolute atomic E-state index is 9.43. The first-order valence-electron chi connectivity index (χ1n) is 3.77. The Labute approximate surface area is 72.0 Å². The second-order valence-corrected chi connectivity index (χ2v) is 3.09. The van der Waals surface area contributed by atoms with E-state index in [2.05, 4.69) is 4.98 Å². The number of hydrogen-bond acceptors (Lipinski definition) is 3. The first-order valence-corrected chi connectivity index (χ1v) is 3.77. The minimum absolute atomic E-state index is 0.171. The molecule has 0 aliphatic heterocycles. The van der Waals surface area contributed by atoms with Crippen LogP contribution in [0.1, 0.15) is 19.5 Å². The first-order chi connectivity index (χ1) is 5.58. The molecule has 0 radical (unpaired) electrons. The Morgan fingerprint density at radius 1 is 1.50 bits per heavy atom. The molecular weight excluding hydrogens is 154 g/mol. The van der Waals surface area contributed by atoms with Crippen LogP contribution in [0.3, 0.4) is 0 Å². The molecule has 0 saturated carbocycles. The average molecular weight is 167 g/mol. The topological polar surface area (TPSA) is 42.4 Å². The Hall–Kier alpha value is -1.09. The molecule has 12 heavy (non-hydrogen) atoms. The van der Waals surface area contributed by atoms with Crippen LogP contribution in [0.5, 0.6) is 5.75 Å². The molecule has 1 aromatic rings. The van der Waals surface area contributed by atoms with Crippen molar-refractivity contribution in [2.45, 2.75) is 19.4 Å². The minimum Gasteiger partial charge on any atom is -0.506 e. The van der Waals surface area contributed by atoms with E-state index in [9.17, 15) is 5.11 Å². The molecule has 3 heteroatoms. The molecule has 1 rings (SSSR count). The third-order valence-corrected chi connectivity index (χ3v) is 1.87. The van der Waals surface area contributed by atoms with Gasteiger partial charge in [-0.1, -0.05) is 0 Å². The fourth-order valence-electron chi connectivity index (χ4n) is 0.957. The monoisotopic (exact) mass is 167 g/mol. The van der Waals surface area contributed by atoms with Gasteiger partial charge in [0.25, 0.3) is 0 Å². The molecular formula is C9H13NO2. The number of pyridine rings is 1. The lowest BCUT2D eigenvalue weighted by atomic mass is 10.0. The van der Waals surface area contributed by atoms with Crippen LogP contribution in [0.2, 0.25) is 0 Å². The van der Waals surface area contributed by atoms with E-state index in [0.717, 1.165) is 0 Å². The van der Waals surface area contributed by atoms with E-state index in [4.69, 9.17) is 4.74 Å². The van der Waals surface area contributed by atoms with Gasteiger partial charge in [0.15, 0.2) is 0 Å². The maximum Gasteiger partial charge on any atom is 0.140 e. The van der Waals surface area contributed by atoms with Crippen molar-refractivity contribution in [3.05, 3.63) is 24.0 Å². The minimum atomic E-state index is -0.536. The molecule has 3 nitrogen and oxygen atoms in total. The number of aromatic nitrogens is 1. The van der Waals surface area contributed by atoms with Crippen LogP contribution >= 0.6 is 0 Å². The van der Waals surface area contributed by atoms with Crippen LogP contribution in [-0.4, -0.2) is 17.2 Å². The summed E-state index contributed by atoms with van der Waals surface area (Å²) in [5.74, 6) is 0.171. The largest absolute Gasteiger partial charge is 0.506 e. The number of nitrogens with zero attached hydrogens (tertiary/aromatic N) is 1. The van der Waals surface area contributed by atoms with Gasteiger partial charge in [-0.05, 0) is 26.0 Å². The summed E-state index contributed by atoms with van der Waals surface area (Å²) in [4.78, 5) is 4.05. The van der Waals surface area contributed by atoms with E-state index >= 15 is 0 Å². The maximum atomic E-state index is 9.43. The Bertz CT molecular complexity index is 271. The Balaban J connectivity index is 3.10. The second-order valence-electron chi connectivity index (χ2n) is 3.09. The molecule has 0 saturated heterocycles. The predicted octanol–water partition coefficient (Wildman–Crippen LogP) is 1.67. The number of ether oxygens (including phenoxy) is 1. The van der Waals surface area contributed by atoms with Crippen molar-refractivity contribution < 1.29 is 9.84 Å². The third kappa shape index (κ3) is 1.56. The van der Waals surface area contributed by atoms with E-state index in [-0.39, 0.29) is 5.75 Å². The lowest BCUT2D eigenvalue weighted by molar-refractivity contribution is 0.0135. The van der Waals surface area contributed by atoms with Crippen molar-refractivity contribution in [1.29, 1.82) is 0 Å². The molecule has 0 amide bonds.